The maximum atomic E-state index is 11.4. The zero-order valence-electron chi connectivity index (χ0n) is 11.5. The van der Waals surface area contributed by atoms with Crippen LogP contribution in [0.1, 0.15) is 16.1 Å². The average molecular weight is 331 g/mol. The number of imidazole rings is 1. The molecule has 0 atom stereocenters. The third kappa shape index (κ3) is 2.91. The summed E-state index contributed by atoms with van der Waals surface area (Å²) in [4.78, 5) is 15.7. The molecule has 0 fully saturated rings. The molecular formula is C17H12Cl2N2O. The van der Waals surface area contributed by atoms with Crippen LogP contribution in [0.2, 0.25) is 10.2 Å². The van der Waals surface area contributed by atoms with Gasteiger partial charge in [-0.05, 0) is 17.7 Å². The zero-order chi connectivity index (χ0) is 15.5. The first-order valence-electron chi connectivity index (χ1n) is 6.70. The summed E-state index contributed by atoms with van der Waals surface area (Å²) in [7, 11) is 0. The maximum Gasteiger partial charge on any atom is 0.169 e. The number of aromatic nitrogens is 2. The standard InChI is InChI=1S/C17H12Cl2N2O/c18-14-8-6-12(7-9-14)10-21-15(11-22)16(19)20-17(21)13-4-2-1-3-5-13/h1-9,11H,10H2. The minimum absolute atomic E-state index is 0.211. The summed E-state index contributed by atoms with van der Waals surface area (Å²) in [5, 5.41) is 0.883. The topological polar surface area (TPSA) is 34.9 Å². The molecule has 0 N–H and O–H groups in total. The van der Waals surface area contributed by atoms with Crippen LogP contribution in [0.5, 0.6) is 0 Å². The number of carbonyl (C=O) groups is 1. The number of nitrogens with zero attached hydrogens (tertiary/aromatic N) is 2. The monoisotopic (exact) mass is 330 g/mol. The quantitative estimate of drug-likeness (QED) is 0.649. The fourth-order valence-electron chi connectivity index (χ4n) is 2.29. The Morgan fingerprint density at radius 2 is 1.68 bits per heavy atom. The van der Waals surface area contributed by atoms with Gasteiger partial charge in [-0.15, -0.1) is 0 Å². The van der Waals surface area contributed by atoms with Crippen LogP contribution in [0.3, 0.4) is 0 Å². The molecule has 0 unspecified atom stereocenters. The predicted octanol–water partition coefficient (Wildman–Crippen LogP) is 4.72. The van der Waals surface area contributed by atoms with Crippen LogP contribution in [0, 0.1) is 0 Å². The molecule has 3 rings (SSSR count). The molecule has 1 aromatic heterocycles. The fourth-order valence-corrected chi connectivity index (χ4v) is 2.64. The van der Waals surface area contributed by atoms with E-state index in [1.807, 2.05) is 59.2 Å². The van der Waals surface area contributed by atoms with Crippen LogP contribution >= 0.6 is 23.2 Å². The maximum absolute atomic E-state index is 11.4. The van der Waals surface area contributed by atoms with Gasteiger partial charge in [-0.1, -0.05) is 65.7 Å². The summed E-state index contributed by atoms with van der Waals surface area (Å²) >= 11 is 12.0. The molecule has 0 radical (unpaired) electrons. The molecule has 5 heteroatoms. The molecule has 0 aliphatic carbocycles. The molecule has 0 bridgehead atoms. The lowest BCUT2D eigenvalue weighted by molar-refractivity contribution is 0.111. The van der Waals surface area contributed by atoms with Crippen LogP contribution in [-0.2, 0) is 6.54 Å². The highest BCUT2D eigenvalue weighted by Gasteiger charge is 2.16. The first-order chi connectivity index (χ1) is 10.7. The Hall–Kier alpha value is -2.10. The van der Waals surface area contributed by atoms with Crippen molar-refractivity contribution >= 4 is 29.5 Å². The van der Waals surface area contributed by atoms with Gasteiger partial charge in [-0.2, -0.15) is 0 Å². The molecule has 110 valence electrons. The Morgan fingerprint density at radius 3 is 2.32 bits per heavy atom. The van der Waals surface area contributed by atoms with E-state index < -0.39 is 0 Å². The lowest BCUT2D eigenvalue weighted by atomic mass is 10.2. The van der Waals surface area contributed by atoms with Crippen molar-refractivity contribution in [3.63, 3.8) is 0 Å². The van der Waals surface area contributed by atoms with Crippen molar-refractivity contribution in [2.24, 2.45) is 0 Å². The van der Waals surface area contributed by atoms with Gasteiger partial charge < -0.3 is 4.57 Å². The van der Waals surface area contributed by atoms with E-state index in [0.717, 1.165) is 17.4 Å². The van der Waals surface area contributed by atoms with E-state index >= 15 is 0 Å². The lowest BCUT2D eigenvalue weighted by Crippen LogP contribution is -2.06. The Bertz CT molecular complexity index is 796. The SMILES string of the molecule is O=Cc1c(Cl)nc(-c2ccccc2)n1Cc1ccc(Cl)cc1. The lowest BCUT2D eigenvalue weighted by Gasteiger charge is -2.10. The average Bonchev–Trinajstić information content (AvgIpc) is 2.86. The molecule has 1 heterocycles. The summed E-state index contributed by atoms with van der Waals surface area (Å²) in [5.41, 5.74) is 2.29. The first kappa shape index (κ1) is 14.8. The van der Waals surface area contributed by atoms with Gasteiger partial charge in [0.1, 0.15) is 11.5 Å². The second-order valence-electron chi connectivity index (χ2n) is 4.81. The van der Waals surface area contributed by atoms with E-state index in [1.54, 1.807) is 0 Å². The number of hydrogen-bond donors (Lipinski definition) is 0. The normalized spacial score (nSPS) is 10.6. The first-order valence-corrected chi connectivity index (χ1v) is 7.45. The van der Waals surface area contributed by atoms with Crippen molar-refractivity contribution < 1.29 is 4.79 Å². The van der Waals surface area contributed by atoms with Crippen molar-refractivity contribution in [3.8, 4) is 11.4 Å². The van der Waals surface area contributed by atoms with Gasteiger partial charge in [0.15, 0.2) is 11.4 Å². The van der Waals surface area contributed by atoms with Crippen LogP contribution in [0.25, 0.3) is 11.4 Å². The van der Waals surface area contributed by atoms with Gasteiger partial charge in [0.2, 0.25) is 0 Å². The highest BCUT2D eigenvalue weighted by Crippen LogP contribution is 2.26. The summed E-state index contributed by atoms with van der Waals surface area (Å²) in [6.45, 7) is 0.495. The summed E-state index contributed by atoms with van der Waals surface area (Å²) in [6, 6.07) is 17.1. The zero-order valence-corrected chi connectivity index (χ0v) is 13.1. The summed E-state index contributed by atoms with van der Waals surface area (Å²) in [6.07, 6.45) is 0.734. The van der Waals surface area contributed by atoms with Gasteiger partial charge in [0.25, 0.3) is 0 Å². The van der Waals surface area contributed by atoms with Crippen LogP contribution in [-0.4, -0.2) is 15.8 Å². The van der Waals surface area contributed by atoms with Crippen molar-refractivity contribution in [1.29, 1.82) is 0 Å². The van der Waals surface area contributed by atoms with Gasteiger partial charge in [0, 0.05) is 17.1 Å². The molecule has 22 heavy (non-hydrogen) atoms. The smallest absolute Gasteiger partial charge is 0.169 e. The number of aldehydes is 1. The Morgan fingerprint density at radius 1 is 1.00 bits per heavy atom. The molecular weight excluding hydrogens is 319 g/mol. The highest BCUT2D eigenvalue weighted by atomic mass is 35.5. The molecule has 0 saturated carbocycles. The third-order valence-electron chi connectivity index (χ3n) is 3.36. The van der Waals surface area contributed by atoms with E-state index in [-0.39, 0.29) is 5.15 Å². The minimum atomic E-state index is 0.211. The second kappa shape index (κ2) is 6.34. The molecule has 0 aliphatic rings. The molecule has 3 aromatic rings. The van der Waals surface area contributed by atoms with Crippen LogP contribution in [0.15, 0.2) is 54.6 Å². The number of halogens is 2. The molecule has 2 aromatic carbocycles. The van der Waals surface area contributed by atoms with E-state index in [1.165, 1.54) is 0 Å². The number of hydrogen-bond acceptors (Lipinski definition) is 2. The fraction of sp³-hybridized carbons (Fsp3) is 0.0588. The summed E-state index contributed by atoms with van der Waals surface area (Å²) < 4.78 is 1.81. The Kier molecular flexibility index (Phi) is 4.27. The van der Waals surface area contributed by atoms with Gasteiger partial charge in [-0.25, -0.2) is 4.98 Å². The van der Waals surface area contributed by atoms with Gasteiger partial charge >= 0.3 is 0 Å². The van der Waals surface area contributed by atoms with E-state index in [9.17, 15) is 4.79 Å². The van der Waals surface area contributed by atoms with Gasteiger partial charge in [-0.3, -0.25) is 4.79 Å². The largest absolute Gasteiger partial charge is 0.316 e. The van der Waals surface area contributed by atoms with Crippen molar-refractivity contribution in [2.75, 3.05) is 0 Å². The van der Waals surface area contributed by atoms with E-state index in [0.29, 0.717) is 23.1 Å². The van der Waals surface area contributed by atoms with Crippen molar-refractivity contribution in [1.82, 2.24) is 9.55 Å². The number of rotatable bonds is 4. The number of benzene rings is 2. The highest BCUT2D eigenvalue weighted by molar-refractivity contribution is 6.31. The predicted molar refractivity (Wildman–Crippen MR) is 88.6 cm³/mol. The molecule has 0 amide bonds. The van der Waals surface area contributed by atoms with Crippen molar-refractivity contribution in [2.45, 2.75) is 6.54 Å². The molecule has 0 spiro atoms. The molecule has 0 aliphatic heterocycles. The van der Waals surface area contributed by atoms with Crippen LogP contribution in [0.4, 0.5) is 0 Å². The third-order valence-corrected chi connectivity index (χ3v) is 3.89. The molecule has 3 nitrogen and oxygen atoms in total. The van der Waals surface area contributed by atoms with Crippen LogP contribution < -0.4 is 0 Å². The second-order valence-corrected chi connectivity index (χ2v) is 5.60. The number of carbonyl (C=O) groups excluding carboxylic acids is 1. The Labute approximate surface area is 138 Å². The van der Waals surface area contributed by atoms with Crippen molar-refractivity contribution in [3.05, 3.63) is 76.0 Å². The van der Waals surface area contributed by atoms with E-state index in [4.69, 9.17) is 23.2 Å². The summed E-state index contributed by atoms with van der Waals surface area (Å²) in [5.74, 6) is 0.669. The molecule has 0 saturated heterocycles. The minimum Gasteiger partial charge on any atom is -0.316 e. The Balaban J connectivity index is 2.08. The van der Waals surface area contributed by atoms with E-state index in [2.05, 4.69) is 4.98 Å². The van der Waals surface area contributed by atoms with Gasteiger partial charge in [0.05, 0.1) is 0 Å².